The molecule has 1 amide bonds. The molecule has 1 saturated carbocycles. The van der Waals surface area contributed by atoms with Crippen LogP contribution < -0.4 is 0 Å². The van der Waals surface area contributed by atoms with Crippen molar-refractivity contribution in [2.24, 2.45) is 17.8 Å². The highest BCUT2D eigenvalue weighted by atomic mass is 32.2. The van der Waals surface area contributed by atoms with Crippen LogP contribution in [0.3, 0.4) is 0 Å². The van der Waals surface area contributed by atoms with E-state index in [1.807, 2.05) is 4.90 Å². The third kappa shape index (κ3) is 2.99. The van der Waals surface area contributed by atoms with Crippen LogP contribution in [-0.2, 0) is 4.79 Å². The Morgan fingerprint density at radius 1 is 1.17 bits per heavy atom. The van der Waals surface area contributed by atoms with Gasteiger partial charge in [-0.05, 0) is 49.3 Å². The summed E-state index contributed by atoms with van der Waals surface area (Å²) in [4.78, 5) is 14.8. The number of thioether (sulfide) groups is 1. The number of hydrogen-bond acceptors (Lipinski definition) is 2. The fraction of sp³-hybridized carbons (Fsp3) is 0.526. The summed E-state index contributed by atoms with van der Waals surface area (Å²) in [6.07, 6.45) is 7.22. The highest BCUT2D eigenvalue weighted by molar-refractivity contribution is 7.99. The summed E-state index contributed by atoms with van der Waals surface area (Å²) in [5.74, 6) is 1.39. The van der Waals surface area contributed by atoms with E-state index < -0.39 is 5.82 Å². The normalized spacial score (nSPS) is 32.2. The molecule has 1 aromatic carbocycles. The molecule has 1 aromatic rings. The molecule has 5 heteroatoms. The minimum absolute atomic E-state index is 0.0848. The second-order valence-electron chi connectivity index (χ2n) is 7.03. The van der Waals surface area contributed by atoms with Crippen LogP contribution >= 0.6 is 11.8 Å². The average Bonchev–Trinajstić information content (AvgIpc) is 3.13. The maximum atomic E-state index is 14.0. The number of fused-ring (bicyclic) bond motifs is 2. The Morgan fingerprint density at radius 3 is 2.79 bits per heavy atom. The van der Waals surface area contributed by atoms with Crippen molar-refractivity contribution in [1.82, 2.24) is 4.90 Å². The lowest BCUT2D eigenvalue weighted by Gasteiger charge is -2.27. The number of nitrogens with zero attached hydrogens (tertiary/aromatic N) is 1. The van der Waals surface area contributed by atoms with Gasteiger partial charge in [-0.3, -0.25) is 4.79 Å². The second kappa shape index (κ2) is 6.51. The molecule has 4 rings (SSSR count). The Morgan fingerprint density at radius 2 is 2.04 bits per heavy atom. The van der Waals surface area contributed by atoms with E-state index in [1.165, 1.54) is 12.1 Å². The molecule has 2 aliphatic carbocycles. The zero-order valence-corrected chi connectivity index (χ0v) is 14.3. The minimum atomic E-state index is -0.405. The SMILES string of the molecule is O=C(C1CC2C=CC1C2)N1CCSC(c2cc(F)ccc2F)CC1. The van der Waals surface area contributed by atoms with E-state index in [2.05, 4.69) is 12.2 Å². The first-order chi connectivity index (χ1) is 11.6. The van der Waals surface area contributed by atoms with E-state index in [0.717, 1.165) is 24.7 Å². The second-order valence-corrected chi connectivity index (χ2v) is 8.34. The van der Waals surface area contributed by atoms with Gasteiger partial charge in [0.15, 0.2) is 0 Å². The van der Waals surface area contributed by atoms with Crippen LogP contribution in [0.4, 0.5) is 8.78 Å². The van der Waals surface area contributed by atoms with Crippen molar-refractivity contribution in [3.05, 3.63) is 47.5 Å². The highest BCUT2D eigenvalue weighted by Gasteiger charge is 2.41. The topological polar surface area (TPSA) is 20.3 Å². The predicted octanol–water partition coefficient (Wildman–Crippen LogP) is 4.18. The first kappa shape index (κ1) is 16.1. The van der Waals surface area contributed by atoms with E-state index in [1.54, 1.807) is 11.8 Å². The van der Waals surface area contributed by atoms with Gasteiger partial charge in [0.1, 0.15) is 11.6 Å². The van der Waals surface area contributed by atoms with Crippen LogP contribution in [0, 0.1) is 29.4 Å². The van der Waals surface area contributed by atoms with Crippen LogP contribution in [0.25, 0.3) is 0 Å². The van der Waals surface area contributed by atoms with Gasteiger partial charge >= 0.3 is 0 Å². The number of carbonyl (C=O) groups is 1. The maximum absolute atomic E-state index is 14.0. The molecule has 4 unspecified atom stereocenters. The fourth-order valence-corrected chi connectivity index (χ4v) is 5.54. The highest BCUT2D eigenvalue weighted by Crippen LogP contribution is 2.44. The van der Waals surface area contributed by atoms with Crippen LogP contribution in [-0.4, -0.2) is 29.6 Å². The van der Waals surface area contributed by atoms with E-state index >= 15 is 0 Å². The third-order valence-electron chi connectivity index (χ3n) is 5.55. The monoisotopic (exact) mass is 349 g/mol. The average molecular weight is 349 g/mol. The summed E-state index contributed by atoms with van der Waals surface area (Å²) in [6, 6.07) is 3.64. The van der Waals surface area contributed by atoms with Gasteiger partial charge in [-0.1, -0.05) is 12.2 Å². The zero-order valence-electron chi connectivity index (χ0n) is 13.5. The van der Waals surface area contributed by atoms with Crippen LogP contribution in [0.5, 0.6) is 0 Å². The molecule has 3 aliphatic rings. The minimum Gasteiger partial charge on any atom is -0.342 e. The molecule has 2 nitrogen and oxygen atoms in total. The molecule has 0 radical (unpaired) electrons. The van der Waals surface area contributed by atoms with Crippen molar-refractivity contribution in [1.29, 1.82) is 0 Å². The third-order valence-corrected chi connectivity index (χ3v) is 6.86. The molecule has 128 valence electrons. The molecular formula is C19H21F2NOS. The Hall–Kier alpha value is -1.36. The summed E-state index contributed by atoms with van der Waals surface area (Å²) >= 11 is 1.62. The zero-order chi connectivity index (χ0) is 16.7. The largest absolute Gasteiger partial charge is 0.342 e. The van der Waals surface area contributed by atoms with Crippen LogP contribution in [0.1, 0.15) is 30.1 Å². The Kier molecular flexibility index (Phi) is 4.37. The van der Waals surface area contributed by atoms with E-state index in [0.29, 0.717) is 36.9 Å². The van der Waals surface area contributed by atoms with Gasteiger partial charge in [0.05, 0.1) is 0 Å². The van der Waals surface area contributed by atoms with Crippen molar-refractivity contribution in [3.63, 3.8) is 0 Å². The van der Waals surface area contributed by atoms with Gasteiger partial charge in [0.25, 0.3) is 0 Å². The maximum Gasteiger partial charge on any atom is 0.226 e. The van der Waals surface area contributed by atoms with Gasteiger partial charge in [0, 0.05) is 35.6 Å². The molecular weight excluding hydrogens is 328 g/mol. The Balaban J connectivity index is 1.44. The lowest BCUT2D eigenvalue weighted by Crippen LogP contribution is -2.39. The van der Waals surface area contributed by atoms with Crippen molar-refractivity contribution >= 4 is 17.7 Å². The van der Waals surface area contributed by atoms with Gasteiger partial charge in [-0.25, -0.2) is 8.78 Å². The molecule has 4 atom stereocenters. The summed E-state index contributed by atoms with van der Waals surface area (Å²) in [6.45, 7) is 1.33. The lowest BCUT2D eigenvalue weighted by atomic mass is 9.92. The number of carbonyl (C=O) groups excluding carboxylic acids is 1. The molecule has 1 heterocycles. The molecule has 0 spiro atoms. The van der Waals surface area contributed by atoms with Crippen molar-refractivity contribution in [3.8, 4) is 0 Å². The standard InChI is InChI=1S/C19H21F2NOS/c20-14-3-4-17(21)16(11-14)18-5-6-22(7-8-24-18)19(23)15-10-12-1-2-13(15)9-12/h1-4,11-13,15,18H,5-10H2. The van der Waals surface area contributed by atoms with Gasteiger partial charge in [-0.15, -0.1) is 0 Å². The molecule has 1 aliphatic heterocycles. The molecule has 0 aromatic heterocycles. The first-order valence-corrected chi connectivity index (χ1v) is 9.70. The number of rotatable bonds is 2. The molecule has 24 heavy (non-hydrogen) atoms. The summed E-state index contributed by atoms with van der Waals surface area (Å²) in [5, 5.41) is -0.0848. The number of benzene rings is 1. The van der Waals surface area contributed by atoms with Gasteiger partial charge in [-0.2, -0.15) is 11.8 Å². The number of halogens is 2. The van der Waals surface area contributed by atoms with Crippen molar-refractivity contribution < 1.29 is 13.6 Å². The fourth-order valence-electron chi connectivity index (χ4n) is 4.30. The molecule has 0 N–H and O–H groups in total. The first-order valence-electron chi connectivity index (χ1n) is 8.65. The van der Waals surface area contributed by atoms with E-state index in [9.17, 15) is 13.6 Å². The van der Waals surface area contributed by atoms with E-state index in [4.69, 9.17) is 0 Å². The summed E-state index contributed by atoms with van der Waals surface area (Å²) < 4.78 is 27.5. The Bertz CT molecular complexity index is 677. The number of hydrogen-bond donors (Lipinski definition) is 0. The summed E-state index contributed by atoms with van der Waals surface area (Å²) in [7, 11) is 0. The number of amides is 1. The summed E-state index contributed by atoms with van der Waals surface area (Å²) in [5.41, 5.74) is 0.428. The number of allylic oxidation sites excluding steroid dienone is 2. The smallest absolute Gasteiger partial charge is 0.226 e. The predicted molar refractivity (Wildman–Crippen MR) is 91.6 cm³/mol. The van der Waals surface area contributed by atoms with Gasteiger partial charge < -0.3 is 4.90 Å². The van der Waals surface area contributed by atoms with E-state index in [-0.39, 0.29) is 22.9 Å². The van der Waals surface area contributed by atoms with Gasteiger partial charge in [0.2, 0.25) is 5.91 Å². The molecule has 2 fully saturated rings. The Labute approximate surface area is 145 Å². The quantitative estimate of drug-likeness (QED) is 0.747. The van der Waals surface area contributed by atoms with Crippen LogP contribution in [0.2, 0.25) is 0 Å². The van der Waals surface area contributed by atoms with Crippen molar-refractivity contribution in [2.75, 3.05) is 18.8 Å². The lowest BCUT2D eigenvalue weighted by molar-refractivity contribution is -0.136. The van der Waals surface area contributed by atoms with Crippen LogP contribution in [0.15, 0.2) is 30.4 Å². The molecule has 2 bridgehead atoms. The van der Waals surface area contributed by atoms with Crippen molar-refractivity contribution in [2.45, 2.75) is 24.5 Å². The molecule has 1 saturated heterocycles.